The normalized spacial score (nSPS) is 12.7. The molecule has 10 nitrogen and oxygen atoms in total. The van der Waals surface area contributed by atoms with Gasteiger partial charge >= 0.3 is 0 Å². The summed E-state index contributed by atoms with van der Waals surface area (Å²) in [6.07, 6.45) is 49.7. The molecule has 10 heteroatoms. The van der Waals surface area contributed by atoms with E-state index in [9.17, 15) is 0 Å². The fourth-order valence-electron chi connectivity index (χ4n) is 13.8. The monoisotopic (exact) mass is 1170 g/mol. The Kier molecular flexibility index (Phi) is 19.3. The molecule has 454 valence electrons. The maximum atomic E-state index is 5.86. The first-order chi connectivity index (χ1) is 43.3. The van der Waals surface area contributed by atoms with Gasteiger partial charge in [-0.15, -0.1) is 0 Å². The van der Waals surface area contributed by atoms with E-state index in [4.69, 9.17) is 19.9 Å². The highest BCUT2D eigenvalue weighted by molar-refractivity contribution is 6.02. The lowest BCUT2D eigenvalue weighted by atomic mass is 10.0. The lowest BCUT2D eigenvalue weighted by Gasteiger charge is -2.09. The fraction of sp³-hybridized carbons (Fsp3) is 0.385. The van der Waals surface area contributed by atoms with Crippen molar-refractivity contribution in [2.45, 2.75) is 182 Å². The number of hydrogen-bond donors (Lipinski definition) is 4. The molecule has 0 fully saturated rings. The quantitative estimate of drug-likeness (QED) is 0.0383. The molecule has 0 unspecified atom stereocenters. The van der Waals surface area contributed by atoms with Gasteiger partial charge in [-0.25, -0.2) is 19.9 Å². The predicted octanol–water partition coefficient (Wildman–Crippen LogP) is 21.4. The van der Waals surface area contributed by atoms with Crippen LogP contribution in [0.3, 0.4) is 0 Å². The average molecular weight is 1170 g/mol. The van der Waals surface area contributed by atoms with Crippen molar-refractivity contribution in [3.05, 3.63) is 153 Å². The Morgan fingerprint density at radius 1 is 0.273 bits per heavy atom. The molecule has 0 spiro atoms. The molecule has 0 amide bonds. The van der Waals surface area contributed by atoms with Crippen LogP contribution in [-0.4, -0.2) is 49.0 Å². The number of aryl methyl sites for hydroxylation is 6. The van der Waals surface area contributed by atoms with Crippen LogP contribution in [0.5, 0.6) is 0 Å². The van der Waals surface area contributed by atoms with Crippen molar-refractivity contribution in [3.8, 4) is 33.6 Å². The number of fused-ring (bicyclic) bond motifs is 16. The summed E-state index contributed by atoms with van der Waals surface area (Å²) in [4.78, 5) is 39.3. The summed E-state index contributed by atoms with van der Waals surface area (Å²) in [5.41, 5.74) is 27.5. The van der Waals surface area contributed by atoms with Crippen LogP contribution in [0.15, 0.2) is 85.2 Å². The fourth-order valence-corrected chi connectivity index (χ4v) is 13.8. The van der Waals surface area contributed by atoms with E-state index < -0.39 is 0 Å². The summed E-state index contributed by atoms with van der Waals surface area (Å²) in [5, 5.41) is 0. The van der Waals surface area contributed by atoms with Gasteiger partial charge in [0.05, 0.1) is 68.0 Å². The van der Waals surface area contributed by atoms with Gasteiger partial charge in [-0.3, -0.25) is 0 Å². The third-order valence-electron chi connectivity index (χ3n) is 18.7. The minimum atomic E-state index is 0.901. The Morgan fingerprint density at radius 2 is 0.511 bits per heavy atom. The zero-order chi connectivity index (χ0) is 60.3. The van der Waals surface area contributed by atoms with Gasteiger partial charge in [-0.05, 0) is 173 Å². The molecule has 4 N–H and O–H groups in total. The number of hydrogen-bond acceptors (Lipinski definition) is 4. The third-order valence-corrected chi connectivity index (χ3v) is 18.7. The Balaban J connectivity index is 1.18. The van der Waals surface area contributed by atoms with Crippen molar-refractivity contribution in [1.82, 2.24) is 49.0 Å². The second kappa shape index (κ2) is 28.3. The number of unbranched alkanes of at least 4 members (excludes halogenated alkanes) is 16. The van der Waals surface area contributed by atoms with Crippen LogP contribution >= 0.6 is 0 Å². The number of nitrogens with zero attached hydrogens (tertiary/aromatic N) is 6. The van der Waals surface area contributed by atoms with Gasteiger partial charge in [-0.2, -0.15) is 0 Å². The largest absolute Gasteiger partial charge is 0.355 e. The molecule has 4 aliphatic rings. The van der Waals surface area contributed by atoms with E-state index in [1.165, 1.54) is 125 Å². The summed E-state index contributed by atoms with van der Waals surface area (Å²) in [6.45, 7) is 9.18. The maximum Gasteiger partial charge on any atom is 0.0752 e. The van der Waals surface area contributed by atoms with Gasteiger partial charge in [0.25, 0.3) is 0 Å². The maximum absolute atomic E-state index is 5.86. The molecular weight excluding hydrogens is 1080 g/mol. The standard InChI is InChI=1S/C78H92N10/c1-7-11-15-19-23-29-53-57-35-43-65(79-57)75(73-33-27-51-87(73)5)66-44-36-58(80-66)54(30-24-20-16-12-8-2)62-40-48-70(84-62)77(69-47-39-61(53)83-69)78-71-49-41-63(85-71)55(31-25-21-17-13-9-3)59-37-45-67(81-59)76(74-34-28-52-88(74)6)68-46-38-60(82-68)56(32-26-22-18-14-10-4)64-42-50-72(78)86-64/h27-28,33-52,79,81,84,86H,7-26,29-32H2,1-6H3. The number of rotatable bonds is 27. The first kappa shape index (κ1) is 60.1. The van der Waals surface area contributed by atoms with E-state index in [0.717, 1.165) is 175 Å². The highest BCUT2D eigenvalue weighted by atomic mass is 14.9. The molecule has 8 aromatic rings. The lowest BCUT2D eigenvalue weighted by Crippen LogP contribution is -1.96. The van der Waals surface area contributed by atoms with Crippen molar-refractivity contribution >= 4 is 92.7 Å². The minimum Gasteiger partial charge on any atom is -0.355 e. The first-order valence-electron chi connectivity index (χ1n) is 33.8. The summed E-state index contributed by atoms with van der Waals surface area (Å²) in [5.74, 6) is 0. The smallest absolute Gasteiger partial charge is 0.0752 e. The molecule has 0 aliphatic carbocycles. The Bertz CT molecular complexity index is 3970. The molecule has 12 heterocycles. The van der Waals surface area contributed by atoms with Gasteiger partial charge in [0.15, 0.2) is 0 Å². The van der Waals surface area contributed by atoms with Crippen LogP contribution in [0.1, 0.15) is 224 Å². The molecule has 8 aromatic heterocycles. The molecule has 0 atom stereocenters. The van der Waals surface area contributed by atoms with Crippen molar-refractivity contribution in [2.75, 3.05) is 0 Å². The van der Waals surface area contributed by atoms with Crippen LogP contribution < -0.4 is 0 Å². The van der Waals surface area contributed by atoms with E-state index in [-0.39, 0.29) is 0 Å². The molecule has 0 aromatic carbocycles. The third kappa shape index (κ3) is 13.0. The topological polar surface area (TPSA) is 125 Å². The second-order valence-corrected chi connectivity index (χ2v) is 25.1. The Hall–Kier alpha value is -8.24. The summed E-state index contributed by atoms with van der Waals surface area (Å²) in [6, 6.07) is 27.0. The minimum absolute atomic E-state index is 0.901. The van der Waals surface area contributed by atoms with Crippen molar-refractivity contribution in [1.29, 1.82) is 0 Å². The van der Waals surface area contributed by atoms with E-state index in [1.54, 1.807) is 0 Å². The molecule has 0 saturated carbocycles. The van der Waals surface area contributed by atoms with E-state index in [0.29, 0.717) is 0 Å². The number of aromatic amines is 4. The highest BCUT2D eigenvalue weighted by Gasteiger charge is 2.24. The summed E-state index contributed by atoms with van der Waals surface area (Å²) >= 11 is 0. The molecule has 0 saturated heterocycles. The average Bonchev–Trinajstić information content (AvgIpc) is 2.44. The molecule has 12 rings (SSSR count). The summed E-state index contributed by atoms with van der Waals surface area (Å²) in [7, 11) is 4.27. The SMILES string of the molecule is CCCCCCCc1c2nc(c(-c3cccn3C)c3ccc([nH]3)c(CCCCCCC)c3nc(c(-c4c5nc(c(CCCCCCC)c6ccc([nH]6)c(-c6cccn6C)c6nc(c(CCCCCCC)c7ccc4[nH]7)C=C6)C=C5)c4ccc1[nH]4)C=C3)C=C2. The van der Waals surface area contributed by atoms with Crippen molar-refractivity contribution in [3.63, 3.8) is 0 Å². The zero-order valence-corrected chi connectivity index (χ0v) is 53.4. The Labute approximate surface area is 521 Å². The van der Waals surface area contributed by atoms with Gasteiger partial charge < -0.3 is 29.1 Å². The first-order valence-corrected chi connectivity index (χ1v) is 33.8. The van der Waals surface area contributed by atoms with Gasteiger partial charge in [0.1, 0.15) is 0 Å². The zero-order valence-electron chi connectivity index (χ0n) is 53.4. The van der Waals surface area contributed by atoms with Gasteiger partial charge in [0, 0.05) is 104 Å². The molecule has 88 heavy (non-hydrogen) atoms. The highest BCUT2D eigenvalue weighted by Crippen LogP contribution is 2.40. The van der Waals surface area contributed by atoms with Crippen LogP contribution in [0, 0.1) is 0 Å². The molecule has 0 radical (unpaired) electrons. The van der Waals surface area contributed by atoms with Gasteiger partial charge in [0.2, 0.25) is 0 Å². The molecule has 4 aliphatic heterocycles. The van der Waals surface area contributed by atoms with Crippen molar-refractivity contribution in [2.24, 2.45) is 14.1 Å². The number of aromatic nitrogens is 10. The Morgan fingerprint density at radius 3 is 0.773 bits per heavy atom. The number of H-pyrrole nitrogens is 4. The van der Waals surface area contributed by atoms with E-state index in [1.807, 2.05) is 0 Å². The van der Waals surface area contributed by atoms with Crippen LogP contribution in [0.4, 0.5) is 0 Å². The van der Waals surface area contributed by atoms with Crippen LogP contribution in [0.25, 0.3) is 126 Å². The number of nitrogens with one attached hydrogen (secondary N) is 4. The second-order valence-electron chi connectivity index (χ2n) is 25.1. The molecule has 16 bridgehead atoms. The van der Waals surface area contributed by atoms with Crippen LogP contribution in [-0.2, 0) is 39.8 Å². The van der Waals surface area contributed by atoms with E-state index >= 15 is 0 Å². The summed E-state index contributed by atoms with van der Waals surface area (Å²) < 4.78 is 4.43. The predicted molar refractivity (Wildman–Crippen MR) is 375 cm³/mol. The van der Waals surface area contributed by atoms with Gasteiger partial charge in [-0.1, -0.05) is 130 Å². The van der Waals surface area contributed by atoms with Crippen molar-refractivity contribution < 1.29 is 0 Å². The van der Waals surface area contributed by atoms with E-state index in [2.05, 4.69) is 205 Å². The molecular formula is C78H92N10. The lowest BCUT2D eigenvalue weighted by molar-refractivity contribution is 0.632. The van der Waals surface area contributed by atoms with Crippen LogP contribution in [0.2, 0.25) is 0 Å².